The van der Waals surface area contributed by atoms with E-state index >= 15 is 0 Å². The molecule has 0 saturated carbocycles. The predicted molar refractivity (Wildman–Crippen MR) is 88.7 cm³/mol. The summed E-state index contributed by atoms with van der Waals surface area (Å²) >= 11 is 3.46. The molecule has 0 saturated heterocycles. The SMILES string of the molecule is CCCC(CCBr)CNC(=O)c1cc(OC)cc(OC)c1. The second-order valence-corrected chi connectivity index (χ2v) is 5.74. The minimum Gasteiger partial charge on any atom is -0.497 e. The van der Waals surface area contributed by atoms with Crippen molar-refractivity contribution in [2.75, 3.05) is 26.1 Å². The normalized spacial score (nSPS) is 11.8. The molecule has 0 aliphatic heterocycles. The molecule has 1 aromatic rings. The Morgan fingerprint density at radius 1 is 1.19 bits per heavy atom. The maximum atomic E-state index is 12.3. The number of ether oxygens (including phenoxy) is 2. The number of methoxy groups -OCH3 is 2. The molecule has 0 aliphatic carbocycles. The number of nitrogens with one attached hydrogen (secondary N) is 1. The van der Waals surface area contributed by atoms with Gasteiger partial charge < -0.3 is 14.8 Å². The molecule has 0 bridgehead atoms. The Morgan fingerprint density at radius 2 is 1.81 bits per heavy atom. The van der Waals surface area contributed by atoms with Crippen molar-refractivity contribution in [2.45, 2.75) is 26.2 Å². The summed E-state index contributed by atoms with van der Waals surface area (Å²) in [5, 5.41) is 3.96. The standard InChI is InChI=1S/C16H24BrNO3/c1-4-5-12(6-7-17)11-18-16(19)13-8-14(20-2)10-15(9-13)21-3/h8-10,12H,4-7,11H2,1-3H3,(H,18,19). The molecule has 1 aromatic carbocycles. The van der Waals surface area contributed by atoms with Gasteiger partial charge in [-0.25, -0.2) is 0 Å². The molecule has 4 nitrogen and oxygen atoms in total. The lowest BCUT2D eigenvalue weighted by molar-refractivity contribution is 0.0945. The van der Waals surface area contributed by atoms with Crippen LogP contribution in [0.3, 0.4) is 0 Å². The molecule has 0 radical (unpaired) electrons. The molecule has 0 heterocycles. The maximum absolute atomic E-state index is 12.3. The van der Waals surface area contributed by atoms with Gasteiger partial charge in [0.15, 0.2) is 0 Å². The highest BCUT2D eigenvalue weighted by molar-refractivity contribution is 9.09. The number of amides is 1. The van der Waals surface area contributed by atoms with Gasteiger partial charge in [-0.05, 0) is 30.9 Å². The number of rotatable bonds is 9. The Morgan fingerprint density at radius 3 is 2.29 bits per heavy atom. The van der Waals surface area contributed by atoms with Crippen LogP contribution in [0.5, 0.6) is 11.5 Å². The molecule has 1 N–H and O–H groups in total. The minimum atomic E-state index is -0.0946. The highest BCUT2D eigenvalue weighted by Crippen LogP contribution is 2.22. The molecular formula is C16H24BrNO3. The van der Waals surface area contributed by atoms with E-state index in [9.17, 15) is 4.79 Å². The Hall–Kier alpha value is -1.23. The summed E-state index contributed by atoms with van der Waals surface area (Å²) in [5.74, 6) is 1.64. The molecule has 0 spiro atoms. The minimum absolute atomic E-state index is 0.0946. The number of alkyl halides is 1. The van der Waals surface area contributed by atoms with Gasteiger partial charge in [-0.3, -0.25) is 4.79 Å². The smallest absolute Gasteiger partial charge is 0.251 e. The molecule has 0 fully saturated rings. The molecule has 0 aromatic heterocycles. The molecule has 0 aliphatic rings. The lowest BCUT2D eigenvalue weighted by atomic mass is 10.0. The third-order valence-electron chi connectivity index (χ3n) is 3.38. The first-order valence-corrected chi connectivity index (χ1v) is 8.34. The van der Waals surface area contributed by atoms with Crippen LogP contribution >= 0.6 is 15.9 Å². The highest BCUT2D eigenvalue weighted by atomic mass is 79.9. The van der Waals surface area contributed by atoms with Crippen molar-refractivity contribution >= 4 is 21.8 Å². The summed E-state index contributed by atoms with van der Waals surface area (Å²) in [5.41, 5.74) is 0.556. The lowest BCUT2D eigenvalue weighted by Crippen LogP contribution is -2.29. The molecule has 1 unspecified atom stereocenters. The van der Waals surface area contributed by atoms with Crippen LogP contribution in [-0.4, -0.2) is 32.0 Å². The van der Waals surface area contributed by atoms with E-state index in [0.717, 1.165) is 24.6 Å². The number of halogens is 1. The van der Waals surface area contributed by atoms with Gasteiger partial charge in [0.2, 0.25) is 0 Å². The Kier molecular flexibility index (Phi) is 8.20. The van der Waals surface area contributed by atoms with E-state index in [-0.39, 0.29) is 5.91 Å². The summed E-state index contributed by atoms with van der Waals surface area (Å²) < 4.78 is 10.4. The molecular weight excluding hydrogens is 334 g/mol. The number of hydrogen-bond donors (Lipinski definition) is 1. The summed E-state index contributed by atoms with van der Waals surface area (Å²) in [4.78, 5) is 12.3. The van der Waals surface area contributed by atoms with Crippen molar-refractivity contribution < 1.29 is 14.3 Å². The van der Waals surface area contributed by atoms with E-state index in [1.54, 1.807) is 32.4 Å². The predicted octanol–water partition coefficient (Wildman–Crippen LogP) is 3.63. The second-order valence-electron chi connectivity index (χ2n) is 4.94. The average molecular weight is 358 g/mol. The fourth-order valence-electron chi connectivity index (χ4n) is 2.19. The van der Waals surface area contributed by atoms with Crippen LogP contribution in [0.15, 0.2) is 18.2 Å². The first kappa shape index (κ1) is 17.8. The third kappa shape index (κ3) is 5.96. The average Bonchev–Trinajstić information content (AvgIpc) is 2.52. The summed E-state index contributed by atoms with van der Waals surface area (Å²) in [6, 6.07) is 5.19. The highest BCUT2D eigenvalue weighted by Gasteiger charge is 2.12. The van der Waals surface area contributed by atoms with Gasteiger partial charge in [0, 0.05) is 23.5 Å². The van der Waals surface area contributed by atoms with E-state index in [4.69, 9.17) is 9.47 Å². The fourth-order valence-corrected chi connectivity index (χ4v) is 2.84. The van der Waals surface area contributed by atoms with E-state index < -0.39 is 0 Å². The van der Waals surface area contributed by atoms with Crippen molar-refractivity contribution in [3.8, 4) is 11.5 Å². The molecule has 118 valence electrons. The zero-order chi connectivity index (χ0) is 15.7. The summed E-state index contributed by atoms with van der Waals surface area (Å²) in [6.07, 6.45) is 3.31. The molecule has 1 atom stereocenters. The van der Waals surface area contributed by atoms with Gasteiger partial charge in [0.25, 0.3) is 5.91 Å². The van der Waals surface area contributed by atoms with E-state index in [2.05, 4.69) is 28.2 Å². The van der Waals surface area contributed by atoms with Crippen LogP contribution < -0.4 is 14.8 Å². The van der Waals surface area contributed by atoms with Gasteiger partial charge in [-0.1, -0.05) is 29.3 Å². The fraction of sp³-hybridized carbons (Fsp3) is 0.562. The van der Waals surface area contributed by atoms with Crippen LogP contribution in [0.25, 0.3) is 0 Å². The Balaban J connectivity index is 2.70. The maximum Gasteiger partial charge on any atom is 0.251 e. The first-order valence-electron chi connectivity index (χ1n) is 7.21. The number of carbonyl (C=O) groups is 1. The zero-order valence-electron chi connectivity index (χ0n) is 12.9. The number of benzene rings is 1. The molecule has 1 rings (SSSR count). The van der Waals surface area contributed by atoms with Crippen molar-refractivity contribution in [2.24, 2.45) is 5.92 Å². The van der Waals surface area contributed by atoms with Gasteiger partial charge in [0.05, 0.1) is 14.2 Å². The quantitative estimate of drug-likeness (QED) is 0.686. The van der Waals surface area contributed by atoms with Gasteiger partial charge in [-0.15, -0.1) is 0 Å². The summed E-state index contributed by atoms with van der Waals surface area (Å²) in [6.45, 7) is 2.85. The van der Waals surface area contributed by atoms with Crippen molar-refractivity contribution in [3.63, 3.8) is 0 Å². The Labute approximate surface area is 135 Å². The van der Waals surface area contributed by atoms with Gasteiger partial charge in [-0.2, -0.15) is 0 Å². The van der Waals surface area contributed by atoms with Crippen LogP contribution in [0.2, 0.25) is 0 Å². The molecule has 21 heavy (non-hydrogen) atoms. The van der Waals surface area contributed by atoms with Gasteiger partial charge >= 0.3 is 0 Å². The topological polar surface area (TPSA) is 47.6 Å². The molecule has 5 heteroatoms. The van der Waals surface area contributed by atoms with E-state index in [0.29, 0.717) is 29.5 Å². The van der Waals surface area contributed by atoms with Crippen LogP contribution in [0, 0.1) is 5.92 Å². The summed E-state index contributed by atoms with van der Waals surface area (Å²) in [7, 11) is 3.15. The monoisotopic (exact) mass is 357 g/mol. The number of hydrogen-bond acceptors (Lipinski definition) is 3. The van der Waals surface area contributed by atoms with Crippen LogP contribution in [0.1, 0.15) is 36.5 Å². The molecule has 1 amide bonds. The zero-order valence-corrected chi connectivity index (χ0v) is 14.5. The largest absolute Gasteiger partial charge is 0.497 e. The van der Waals surface area contributed by atoms with Crippen molar-refractivity contribution in [3.05, 3.63) is 23.8 Å². The first-order chi connectivity index (χ1) is 10.1. The third-order valence-corrected chi connectivity index (χ3v) is 3.84. The van der Waals surface area contributed by atoms with Crippen molar-refractivity contribution in [1.29, 1.82) is 0 Å². The van der Waals surface area contributed by atoms with E-state index in [1.165, 1.54) is 0 Å². The number of carbonyl (C=O) groups excluding carboxylic acids is 1. The Bertz CT molecular complexity index is 423. The second kappa shape index (κ2) is 9.66. The van der Waals surface area contributed by atoms with Crippen LogP contribution in [-0.2, 0) is 0 Å². The lowest BCUT2D eigenvalue weighted by Gasteiger charge is -2.16. The van der Waals surface area contributed by atoms with E-state index in [1.807, 2.05) is 0 Å². The van der Waals surface area contributed by atoms with Crippen LogP contribution in [0.4, 0.5) is 0 Å². The van der Waals surface area contributed by atoms with Gasteiger partial charge in [0.1, 0.15) is 11.5 Å². The van der Waals surface area contributed by atoms with Crippen molar-refractivity contribution in [1.82, 2.24) is 5.32 Å².